The van der Waals surface area contributed by atoms with E-state index >= 15 is 0 Å². The smallest absolute Gasteiger partial charge is 0.339 e. The number of aromatic nitrogens is 3. The Bertz CT molecular complexity index is 782. The van der Waals surface area contributed by atoms with Gasteiger partial charge in [0.25, 0.3) is 0 Å². The van der Waals surface area contributed by atoms with Gasteiger partial charge in [-0.05, 0) is 36.4 Å². The van der Waals surface area contributed by atoms with E-state index in [4.69, 9.17) is 11.6 Å². The Morgan fingerprint density at radius 2 is 1.90 bits per heavy atom. The quantitative estimate of drug-likeness (QED) is 0.806. The summed E-state index contributed by atoms with van der Waals surface area (Å²) in [7, 11) is 0. The van der Waals surface area contributed by atoms with Gasteiger partial charge in [0.15, 0.2) is 0 Å². The SMILES string of the molecule is O=C(O)c1cn(-c2ccc(Cl)cc2)nc1-c1ccccn1. The standard InChI is InChI=1S/C15H10ClN3O2/c16-10-4-6-11(7-5-10)19-9-12(15(20)21)14(18-19)13-3-1-2-8-17-13/h1-9H,(H,20,21). The fourth-order valence-corrected chi connectivity index (χ4v) is 2.07. The van der Waals surface area contributed by atoms with Gasteiger partial charge in [-0.15, -0.1) is 0 Å². The molecule has 0 atom stereocenters. The summed E-state index contributed by atoms with van der Waals surface area (Å²) in [6, 6.07) is 12.3. The van der Waals surface area contributed by atoms with Gasteiger partial charge in [-0.2, -0.15) is 5.10 Å². The Morgan fingerprint density at radius 3 is 2.52 bits per heavy atom. The van der Waals surface area contributed by atoms with Crippen LogP contribution >= 0.6 is 11.6 Å². The van der Waals surface area contributed by atoms with Crippen LogP contribution in [0.3, 0.4) is 0 Å². The molecule has 0 fully saturated rings. The van der Waals surface area contributed by atoms with Gasteiger partial charge in [0, 0.05) is 17.4 Å². The second-order valence-electron chi connectivity index (χ2n) is 4.33. The Labute approximate surface area is 125 Å². The van der Waals surface area contributed by atoms with Crippen LogP contribution in [0.2, 0.25) is 5.02 Å². The minimum Gasteiger partial charge on any atom is -0.478 e. The van der Waals surface area contributed by atoms with Crippen molar-refractivity contribution in [3.63, 3.8) is 0 Å². The summed E-state index contributed by atoms with van der Waals surface area (Å²) in [5.41, 5.74) is 1.67. The Kier molecular flexibility index (Phi) is 3.41. The largest absolute Gasteiger partial charge is 0.478 e. The fourth-order valence-electron chi connectivity index (χ4n) is 1.95. The summed E-state index contributed by atoms with van der Waals surface area (Å²) >= 11 is 5.85. The van der Waals surface area contributed by atoms with Crippen LogP contribution in [0.4, 0.5) is 0 Å². The van der Waals surface area contributed by atoms with Crippen LogP contribution in [0.5, 0.6) is 0 Å². The van der Waals surface area contributed by atoms with Gasteiger partial charge in [0.05, 0.1) is 11.4 Å². The predicted molar refractivity (Wildman–Crippen MR) is 78.8 cm³/mol. The maximum atomic E-state index is 11.4. The Hall–Kier alpha value is -2.66. The predicted octanol–water partition coefficient (Wildman–Crippen LogP) is 3.29. The summed E-state index contributed by atoms with van der Waals surface area (Å²) in [5, 5.41) is 14.3. The lowest BCUT2D eigenvalue weighted by Crippen LogP contribution is -1.97. The van der Waals surface area contributed by atoms with Crippen LogP contribution in [0.1, 0.15) is 10.4 Å². The summed E-state index contributed by atoms with van der Waals surface area (Å²) in [4.78, 5) is 15.5. The van der Waals surface area contributed by atoms with Crippen molar-refractivity contribution in [1.82, 2.24) is 14.8 Å². The first kappa shape index (κ1) is 13.3. The molecule has 0 aliphatic heterocycles. The second kappa shape index (κ2) is 5.38. The monoisotopic (exact) mass is 299 g/mol. The molecule has 0 aliphatic rings. The highest BCUT2D eigenvalue weighted by atomic mass is 35.5. The maximum Gasteiger partial charge on any atom is 0.339 e. The van der Waals surface area contributed by atoms with E-state index in [0.29, 0.717) is 16.4 Å². The topological polar surface area (TPSA) is 68.0 Å². The molecule has 1 N–H and O–H groups in total. The van der Waals surface area contributed by atoms with Crippen LogP contribution in [0.25, 0.3) is 17.1 Å². The number of benzene rings is 1. The fraction of sp³-hybridized carbons (Fsp3) is 0. The highest BCUT2D eigenvalue weighted by Crippen LogP contribution is 2.22. The zero-order chi connectivity index (χ0) is 14.8. The minimum absolute atomic E-state index is 0.101. The summed E-state index contributed by atoms with van der Waals surface area (Å²) in [6.07, 6.45) is 3.07. The van der Waals surface area contributed by atoms with E-state index in [9.17, 15) is 9.90 Å². The molecule has 0 saturated heterocycles. The number of nitrogens with zero attached hydrogens (tertiary/aromatic N) is 3. The second-order valence-corrected chi connectivity index (χ2v) is 4.77. The number of pyridine rings is 1. The molecule has 0 amide bonds. The van der Waals surface area contributed by atoms with Crippen molar-refractivity contribution in [2.24, 2.45) is 0 Å². The maximum absolute atomic E-state index is 11.4. The molecule has 2 heterocycles. The molecule has 5 nitrogen and oxygen atoms in total. The molecular weight excluding hydrogens is 290 g/mol. The zero-order valence-electron chi connectivity index (χ0n) is 10.8. The number of carboxylic acids is 1. The molecule has 104 valence electrons. The molecule has 2 aromatic heterocycles. The van der Waals surface area contributed by atoms with Crippen molar-refractivity contribution >= 4 is 17.6 Å². The van der Waals surface area contributed by atoms with Crippen molar-refractivity contribution in [2.75, 3.05) is 0 Å². The van der Waals surface area contributed by atoms with Crippen molar-refractivity contribution in [1.29, 1.82) is 0 Å². The van der Waals surface area contributed by atoms with Crippen LogP contribution in [-0.2, 0) is 0 Å². The lowest BCUT2D eigenvalue weighted by atomic mass is 10.2. The molecule has 21 heavy (non-hydrogen) atoms. The van der Waals surface area contributed by atoms with E-state index in [1.165, 1.54) is 10.9 Å². The number of hydrogen-bond acceptors (Lipinski definition) is 3. The van der Waals surface area contributed by atoms with Crippen LogP contribution < -0.4 is 0 Å². The van der Waals surface area contributed by atoms with E-state index in [0.717, 1.165) is 5.69 Å². The van der Waals surface area contributed by atoms with Crippen molar-refractivity contribution in [3.05, 3.63) is 65.4 Å². The number of carboxylic acid groups (broad SMARTS) is 1. The summed E-state index contributed by atoms with van der Waals surface area (Å²) in [5.74, 6) is -1.05. The van der Waals surface area contributed by atoms with Crippen LogP contribution in [0.15, 0.2) is 54.9 Å². The third-order valence-corrected chi connectivity index (χ3v) is 3.20. The molecule has 0 aliphatic carbocycles. The number of halogens is 1. The van der Waals surface area contributed by atoms with Crippen molar-refractivity contribution in [3.8, 4) is 17.1 Å². The van der Waals surface area contributed by atoms with E-state index in [2.05, 4.69) is 10.1 Å². The summed E-state index contributed by atoms with van der Waals surface area (Å²) in [6.45, 7) is 0. The van der Waals surface area contributed by atoms with E-state index in [1.807, 2.05) is 0 Å². The molecule has 3 aromatic rings. The first-order valence-electron chi connectivity index (χ1n) is 6.15. The number of aromatic carboxylic acids is 1. The third-order valence-electron chi connectivity index (χ3n) is 2.94. The number of rotatable bonds is 3. The first-order chi connectivity index (χ1) is 10.1. The van der Waals surface area contributed by atoms with E-state index in [1.54, 1.807) is 48.7 Å². The van der Waals surface area contributed by atoms with Gasteiger partial charge in [0.2, 0.25) is 0 Å². The zero-order valence-corrected chi connectivity index (χ0v) is 11.5. The molecule has 1 aromatic carbocycles. The Morgan fingerprint density at radius 1 is 1.14 bits per heavy atom. The average Bonchev–Trinajstić information content (AvgIpc) is 2.94. The van der Waals surface area contributed by atoms with Crippen LogP contribution in [-0.4, -0.2) is 25.8 Å². The molecule has 6 heteroatoms. The van der Waals surface area contributed by atoms with Gasteiger partial charge in [-0.25, -0.2) is 9.48 Å². The van der Waals surface area contributed by atoms with Gasteiger partial charge >= 0.3 is 5.97 Å². The molecule has 3 rings (SSSR count). The van der Waals surface area contributed by atoms with E-state index in [-0.39, 0.29) is 5.56 Å². The highest BCUT2D eigenvalue weighted by molar-refractivity contribution is 6.30. The molecule has 0 spiro atoms. The van der Waals surface area contributed by atoms with E-state index < -0.39 is 5.97 Å². The Balaban J connectivity index is 2.13. The first-order valence-corrected chi connectivity index (χ1v) is 6.53. The van der Waals surface area contributed by atoms with Gasteiger partial charge in [0.1, 0.15) is 11.3 Å². The molecule has 0 saturated carbocycles. The summed E-state index contributed by atoms with van der Waals surface area (Å²) < 4.78 is 1.50. The normalized spacial score (nSPS) is 10.5. The van der Waals surface area contributed by atoms with Crippen LogP contribution in [0, 0.1) is 0 Å². The average molecular weight is 300 g/mol. The molecule has 0 bridgehead atoms. The van der Waals surface area contributed by atoms with Gasteiger partial charge in [-0.1, -0.05) is 17.7 Å². The van der Waals surface area contributed by atoms with Crippen molar-refractivity contribution in [2.45, 2.75) is 0 Å². The number of carbonyl (C=O) groups is 1. The lowest BCUT2D eigenvalue weighted by molar-refractivity contribution is 0.0697. The molecule has 0 unspecified atom stereocenters. The lowest BCUT2D eigenvalue weighted by Gasteiger charge is -2.00. The highest BCUT2D eigenvalue weighted by Gasteiger charge is 2.18. The van der Waals surface area contributed by atoms with Crippen molar-refractivity contribution < 1.29 is 9.90 Å². The molecule has 0 radical (unpaired) electrons. The van der Waals surface area contributed by atoms with Gasteiger partial charge in [-0.3, -0.25) is 4.98 Å². The molecular formula is C15H10ClN3O2. The minimum atomic E-state index is -1.05. The van der Waals surface area contributed by atoms with Gasteiger partial charge < -0.3 is 5.11 Å². The third kappa shape index (κ3) is 2.64. The number of hydrogen-bond donors (Lipinski definition) is 1.